The predicted octanol–water partition coefficient (Wildman–Crippen LogP) is 5.01. The Kier molecular flexibility index (Phi) is 5.48. The number of hydrogen-bond donors (Lipinski definition) is 1. The molecule has 2 rings (SSSR count). The van der Waals surface area contributed by atoms with Gasteiger partial charge in [0.05, 0.1) is 5.69 Å². The van der Waals surface area contributed by atoms with Crippen LogP contribution in [0.25, 0.3) is 10.6 Å². The van der Waals surface area contributed by atoms with Gasteiger partial charge in [-0.25, -0.2) is 9.37 Å². The van der Waals surface area contributed by atoms with Crippen molar-refractivity contribution in [2.75, 3.05) is 0 Å². The topological polar surface area (TPSA) is 24.9 Å². The third kappa shape index (κ3) is 3.89. The van der Waals surface area contributed by atoms with Gasteiger partial charge in [-0.05, 0) is 43.5 Å². The molecule has 2 aromatic rings. The fourth-order valence-corrected chi connectivity index (χ4v) is 3.34. The van der Waals surface area contributed by atoms with Crippen molar-refractivity contribution in [3.63, 3.8) is 0 Å². The van der Waals surface area contributed by atoms with Gasteiger partial charge >= 0.3 is 0 Å². The third-order valence-electron chi connectivity index (χ3n) is 4.32. The van der Waals surface area contributed by atoms with Gasteiger partial charge in [-0.15, -0.1) is 11.3 Å². The summed E-state index contributed by atoms with van der Waals surface area (Å²) in [6.45, 7) is 7.47. The zero-order valence-corrected chi connectivity index (χ0v) is 13.8. The summed E-state index contributed by atoms with van der Waals surface area (Å²) in [7, 11) is 0. The van der Waals surface area contributed by atoms with E-state index in [9.17, 15) is 4.39 Å². The molecule has 0 amide bonds. The lowest BCUT2D eigenvalue weighted by Crippen LogP contribution is -2.43. The molecule has 0 atom stereocenters. The summed E-state index contributed by atoms with van der Waals surface area (Å²) in [5.41, 5.74) is 2.24. The van der Waals surface area contributed by atoms with Crippen molar-refractivity contribution in [3.8, 4) is 10.6 Å². The highest BCUT2D eigenvalue weighted by Gasteiger charge is 2.22. The van der Waals surface area contributed by atoms with Gasteiger partial charge < -0.3 is 5.32 Å². The standard InChI is InChI=1S/C17H23FN2S/c1-4-17(5-2,6-3)19-11-15-12-21-16(20-15)13-7-9-14(18)10-8-13/h7-10,12,19H,4-6,11H2,1-3H3. The fourth-order valence-electron chi connectivity index (χ4n) is 2.52. The highest BCUT2D eigenvalue weighted by molar-refractivity contribution is 7.13. The number of hydrogen-bond acceptors (Lipinski definition) is 3. The van der Waals surface area contributed by atoms with Crippen LogP contribution in [0.2, 0.25) is 0 Å². The lowest BCUT2D eigenvalue weighted by atomic mass is 9.90. The van der Waals surface area contributed by atoms with E-state index >= 15 is 0 Å². The average molecular weight is 306 g/mol. The minimum atomic E-state index is -0.212. The van der Waals surface area contributed by atoms with E-state index in [0.29, 0.717) is 0 Å². The second-order valence-corrected chi connectivity index (χ2v) is 6.20. The van der Waals surface area contributed by atoms with E-state index in [1.54, 1.807) is 23.5 Å². The van der Waals surface area contributed by atoms with Crippen LogP contribution in [0.5, 0.6) is 0 Å². The molecule has 0 aliphatic carbocycles. The monoisotopic (exact) mass is 306 g/mol. The molecule has 21 heavy (non-hydrogen) atoms. The first-order valence-electron chi connectivity index (χ1n) is 7.58. The van der Waals surface area contributed by atoms with Crippen molar-refractivity contribution >= 4 is 11.3 Å². The second kappa shape index (κ2) is 7.14. The highest BCUT2D eigenvalue weighted by atomic mass is 32.1. The maximum Gasteiger partial charge on any atom is 0.123 e. The van der Waals surface area contributed by atoms with Crippen LogP contribution >= 0.6 is 11.3 Å². The van der Waals surface area contributed by atoms with E-state index in [-0.39, 0.29) is 11.4 Å². The molecule has 2 nitrogen and oxygen atoms in total. The van der Waals surface area contributed by atoms with Crippen molar-refractivity contribution in [2.45, 2.75) is 52.1 Å². The molecule has 1 heterocycles. The Morgan fingerprint density at radius 3 is 2.29 bits per heavy atom. The number of nitrogens with zero attached hydrogens (tertiary/aromatic N) is 1. The second-order valence-electron chi connectivity index (χ2n) is 5.35. The first kappa shape index (κ1) is 16.1. The Bertz CT molecular complexity index is 550. The molecular formula is C17H23FN2S. The molecule has 0 aliphatic rings. The molecule has 1 aromatic carbocycles. The normalized spacial score (nSPS) is 11.8. The summed E-state index contributed by atoms with van der Waals surface area (Å²) >= 11 is 1.61. The average Bonchev–Trinajstić information content (AvgIpc) is 2.99. The maximum atomic E-state index is 12.9. The van der Waals surface area contributed by atoms with Crippen molar-refractivity contribution < 1.29 is 4.39 Å². The number of benzene rings is 1. The fraction of sp³-hybridized carbons (Fsp3) is 0.471. The number of rotatable bonds is 7. The summed E-state index contributed by atoms with van der Waals surface area (Å²) < 4.78 is 12.9. The van der Waals surface area contributed by atoms with E-state index in [1.807, 2.05) is 0 Å². The summed E-state index contributed by atoms with van der Waals surface area (Å²) in [6, 6.07) is 6.51. The Morgan fingerprint density at radius 2 is 1.71 bits per heavy atom. The molecule has 4 heteroatoms. The van der Waals surface area contributed by atoms with Gasteiger partial charge in [0.1, 0.15) is 10.8 Å². The Labute approximate surface area is 130 Å². The van der Waals surface area contributed by atoms with E-state index in [0.717, 1.165) is 42.1 Å². The van der Waals surface area contributed by atoms with Crippen molar-refractivity contribution in [2.24, 2.45) is 0 Å². The molecule has 0 radical (unpaired) electrons. The number of halogens is 1. The van der Waals surface area contributed by atoms with E-state index in [2.05, 4.69) is 36.5 Å². The lowest BCUT2D eigenvalue weighted by molar-refractivity contribution is 0.287. The SMILES string of the molecule is CCC(CC)(CC)NCc1csc(-c2ccc(F)cc2)n1. The number of thiazole rings is 1. The van der Waals surface area contributed by atoms with Crippen LogP contribution < -0.4 is 5.32 Å². The van der Waals surface area contributed by atoms with Crippen LogP contribution in [-0.2, 0) is 6.54 Å². The van der Waals surface area contributed by atoms with Gasteiger partial charge in [0.2, 0.25) is 0 Å². The first-order chi connectivity index (χ1) is 10.1. The Hall–Kier alpha value is -1.26. The molecule has 0 spiro atoms. The number of nitrogens with one attached hydrogen (secondary N) is 1. The molecule has 0 saturated carbocycles. The summed E-state index contributed by atoms with van der Waals surface area (Å²) in [4.78, 5) is 4.65. The van der Waals surface area contributed by atoms with Gasteiger partial charge in [0.25, 0.3) is 0 Å². The van der Waals surface area contributed by atoms with Crippen molar-refractivity contribution in [1.29, 1.82) is 0 Å². The van der Waals surface area contributed by atoms with Crippen LogP contribution in [-0.4, -0.2) is 10.5 Å². The van der Waals surface area contributed by atoms with E-state index in [4.69, 9.17) is 0 Å². The zero-order chi connectivity index (χ0) is 15.3. The molecule has 0 saturated heterocycles. The largest absolute Gasteiger partial charge is 0.306 e. The minimum Gasteiger partial charge on any atom is -0.306 e. The zero-order valence-electron chi connectivity index (χ0n) is 12.9. The van der Waals surface area contributed by atoms with Crippen molar-refractivity contribution in [1.82, 2.24) is 10.3 Å². The first-order valence-corrected chi connectivity index (χ1v) is 8.45. The third-order valence-corrected chi connectivity index (χ3v) is 5.26. The summed E-state index contributed by atoms with van der Waals surface area (Å²) in [5.74, 6) is -0.212. The van der Waals surface area contributed by atoms with Crippen LogP contribution in [0, 0.1) is 5.82 Å². The quantitative estimate of drug-likeness (QED) is 0.778. The summed E-state index contributed by atoms with van der Waals surface area (Å²) in [5, 5.41) is 6.68. The summed E-state index contributed by atoms with van der Waals surface area (Å²) in [6.07, 6.45) is 3.36. The predicted molar refractivity (Wildman–Crippen MR) is 88.0 cm³/mol. The number of aromatic nitrogens is 1. The van der Waals surface area contributed by atoms with E-state index < -0.39 is 0 Å². The Balaban J connectivity index is 2.05. The van der Waals surface area contributed by atoms with Crippen LogP contribution in [0.4, 0.5) is 4.39 Å². The minimum absolute atomic E-state index is 0.208. The molecule has 0 unspecified atom stereocenters. The van der Waals surface area contributed by atoms with Gasteiger partial charge in [-0.1, -0.05) is 20.8 Å². The van der Waals surface area contributed by atoms with Gasteiger partial charge in [0, 0.05) is 23.0 Å². The molecule has 0 fully saturated rings. The molecule has 114 valence electrons. The van der Waals surface area contributed by atoms with Crippen molar-refractivity contribution in [3.05, 3.63) is 41.2 Å². The molecular weight excluding hydrogens is 283 g/mol. The van der Waals surface area contributed by atoms with Crippen LogP contribution in [0.1, 0.15) is 45.7 Å². The molecule has 0 aliphatic heterocycles. The van der Waals surface area contributed by atoms with Crippen LogP contribution in [0.15, 0.2) is 29.6 Å². The maximum absolute atomic E-state index is 12.9. The lowest BCUT2D eigenvalue weighted by Gasteiger charge is -2.31. The highest BCUT2D eigenvalue weighted by Crippen LogP contribution is 2.25. The van der Waals surface area contributed by atoms with Gasteiger partial charge in [-0.2, -0.15) is 0 Å². The van der Waals surface area contributed by atoms with Gasteiger partial charge in [0.15, 0.2) is 0 Å². The molecule has 0 bridgehead atoms. The van der Waals surface area contributed by atoms with Gasteiger partial charge in [-0.3, -0.25) is 0 Å². The Morgan fingerprint density at radius 1 is 1.10 bits per heavy atom. The molecule has 1 N–H and O–H groups in total. The smallest absolute Gasteiger partial charge is 0.123 e. The van der Waals surface area contributed by atoms with E-state index in [1.165, 1.54) is 12.1 Å². The molecule has 1 aromatic heterocycles. The van der Waals surface area contributed by atoms with Crippen LogP contribution in [0.3, 0.4) is 0 Å².